The van der Waals surface area contributed by atoms with Crippen LogP contribution in [0.4, 0.5) is 0 Å². The van der Waals surface area contributed by atoms with E-state index in [-0.39, 0.29) is 21.2 Å². The number of benzene rings is 4. The molecule has 0 radical (unpaired) electrons. The van der Waals surface area contributed by atoms with E-state index in [0.29, 0.717) is 0 Å². The molecule has 6 aromatic rings. The molecule has 6 rings (SSSR count). The summed E-state index contributed by atoms with van der Waals surface area (Å²) in [5.74, 6) is 0. The summed E-state index contributed by atoms with van der Waals surface area (Å²) < 4.78 is 7.23. The molecule has 0 aliphatic rings. The van der Waals surface area contributed by atoms with Crippen LogP contribution in [0, 0.1) is 3.57 Å². The second-order valence-electron chi connectivity index (χ2n) is 6.59. The van der Waals surface area contributed by atoms with Gasteiger partial charge in [-0.1, -0.05) is 6.07 Å². The minimum atomic E-state index is 0.144. The summed E-state index contributed by atoms with van der Waals surface area (Å²) in [7, 11) is 0. The zero-order chi connectivity index (χ0) is 17.3. The summed E-state index contributed by atoms with van der Waals surface area (Å²) in [6, 6.07) is 25.2. The van der Waals surface area contributed by atoms with Crippen LogP contribution in [-0.4, -0.2) is 4.93 Å². The van der Waals surface area contributed by atoms with Crippen LogP contribution in [0.5, 0.6) is 0 Å². The molecule has 0 aliphatic heterocycles. The van der Waals surface area contributed by atoms with Crippen LogP contribution in [0.2, 0.25) is 0 Å². The molecule has 0 unspecified atom stereocenters. The third-order valence-electron chi connectivity index (χ3n) is 5.09. The van der Waals surface area contributed by atoms with Crippen LogP contribution in [0.15, 0.2) is 66.7 Å². The molecule has 0 saturated carbocycles. The van der Waals surface area contributed by atoms with Gasteiger partial charge in [0.05, 0.1) is 0 Å². The van der Waals surface area contributed by atoms with Crippen LogP contribution in [0.25, 0.3) is 51.1 Å². The molecule has 2 heterocycles. The van der Waals surface area contributed by atoms with Gasteiger partial charge in [0.15, 0.2) is 0 Å². The van der Waals surface area contributed by atoms with Crippen molar-refractivity contribution in [3.63, 3.8) is 0 Å². The fourth-order valence-corrected chi connectivity index (χ4v) is 7.66. The average Bonchev–Trinajstić information content (AvgIpc) is 3.19. The fourth-order valence-electron chi connectivity index (χ4n) is 3.78. The summed E-state index contributed by atoms with van der Waals surface area (Å²) >= 11 is 4.04. The first-order chi connectivity index (χ1) is 12.8. The Kier molecular flexibility index (Phi) is 3.34. The second kappa shape index (κ2) is 5.65. The Hall–Kier alpha value is -1.69. The molecule has 2 aromatic heterocycles. The summed E-state index contributed by atoms with van der Waals surface area (Å²) in [5.41, 5.74) is 0. The van der Waals surface area contributed by atoms with Gasteiger partial charge in [-0.05, 0) is 0 Å². The molecule has 4 aromatic carbocycles. The van der Waals surface area contributed by atoms with Gasteiger partial charge in [0.2, 0.25) is 0 Å². The van der Waals surface area contributed by atoms with Gasteiger partial charge in [-0.2, -0.15) is 0 Å². The Bertz CT molecular complexity index is 1470. The van der Waals surface area contributed by atoms with E-state index in [1.165, 1.54) is 54.7 Å². The van der Waals surface area contributed by atoms with Crippen molar-refractivity contribution in [2.24, 2.45) is 0 Å². The molecule has 0 amide bonds. The number of rotatable bonds is 1. The van der Waals surface area contributed by atoms with Crippen molar-refractivity contribution in [3.8, 4) is 0 Å². The first kappa shape index (κ1) is 15.4. The zero-order valence-corrected chi connectivity index (χ0v) is 17.8. The van der Waals surface area contributed by atoms with E-state index in [0.717, 1.165) is 0 Å². The van der Waals surface area contributed by atoms with E-state index in [2.05, 4.69) is 71.7 Å². The molecule has 0 N–H and O–H groups in total. The zero-order valence-electron chi connectivity index (χ0n) is 14.0. The standard InChI is InChI=1S/C23H14IS2/c1-24-17-7-6-15-10-19-21(12-16(15)8-17)26-22-18-9-13-4-2-3-5-14(13)11-20(18)25-23(19)22/h2-12H,1H3/q-1. The third kappa shape index (κ3) is 2.17. The van der Waals surface area contributed by atoms with E-state index in [4.69, 9.17) is 0 Å². The summed E-state index contributed by atoms with van der Waals surface area (Å²) in [6.07, 6.45) is 0. The number of fused-ring (bicyclic) bond motifs is 7. The predicted molar refractivity (Wildman–Crippen MR) is 114 cm³/mol. The maximum absolute atomic E-state index is 2.40. The normalized spacial score (nSPS) is 12.3. The van der Waals surface area contributed by atoms with E-state index in [1.807, 2.05) is 22.7 Å². The van der Waals surface area contributed by atoms with Crippen molar-refractivity contribution in [1.82, 2.24) is 0 Å². The molecule has 0 fully saturated rings. The number of halogens is 1. The molecule has 0 atom stereocenters. The molecule has 3 heteroatoms. The van der Waals surface area contributed by atoms with Gasteiger partial charge in [0, 0.05) is 0 Å². The fraction of sp³-hybridized carbons (Fsp3) is 0.0435. The average molecular weight is 481 g/mol. The van der Waals surface area contributed by atoms with Gasteiger partial charge in [-0.3, -0.25) is 0 Å². The van der Waals surface area contributed by atoms with Gasteiger partial charge in [-0.15, -0.1) is 0 Å². The van der Waals surface area contributed by atoms with Crippen molar-refractivity contribution in [2.75, 3.05) is 4.93 Å². The van der Waals surface area contributed by atoms with Crippen LogP contribution in [0.3, 0.4) is 0 Å². The first-order valence-corrected chi connectivity index (χ1v) is 13.4. The second-order valence-corrected chi connectivity index (χ2v) is 11.0. The first-order valence-electron chi connectivity index (χ1n) is 8.51. The van der Waals surface area contributed by atoms with E-state index in [1.54, 1.807) is 0 Å². The summed E-state index contributed by atoms with van der Waals surface area (Å²) in [6.45, 7) is 0. The van der Waals surface area contributed by atoms with Crippen molar-refractivity contribution in [2.45, 2.75) is 0 Å². The van der Waals surface area contributed by atoms with Crippen LogP contribution in [0.1, 0.15) is 0 Å². The SMILES string of the molecule is C[I-]c1ccc2cc3c(cc2c1)sc1c2cc4ccccc4cc2sc31. The molecule has 0 nitrogen and oxygen atoms in total. The van der Waals surface area contributed by atoms with Gasteiger partial charge in [0.1, 0.15) is 0 Å². The van der Waals surface area contributed by atoms with Crippen molar-refractivity contribution < 1.29 is 21.2 Å². The molecule has 0 aliphatic carbocycles. The van der Waals surface area contributed by atoms with E-state index < -0.39 is 0 Å². The quantitative estimate of drug-likeness (QED) is 0.240. The Morgan fingerprint density at radius 1 is 0.615 bits per heavy atom. The van der Waals surface area contributed by atoms with E-state index >= 15 is 0 Å². The van der Waals surface area contributed by atoms with Crippen molar-refractivity contribution >= 4 is 73.8 Å². The molecule has 26 heavy (non-hydrogen) atoms. The van der Waals surface area contributed by atoms with E-state index in [9.17, 15) is 0 Å². The Morgan fingerprint density at radius 2 is 1.19 bits per heavy atom. The number of hydrogen-bond acceptors (Lipinski definition) is 2. The Morgan fingerprint density at radius 3 is 1.85 bits per heavy atom. The molecular weight excluding hydrogens is 467 g/mol. The molecule has 0 bridgehead atoms. The molecule has 126 valence electrons. The summed E-state index contributed by atoms with van der Waals surface area (Å²) in [5, 5.41) is 8.25. The molecule has 0 saturated heterocycles. The Balaban J connectivity index is 1.73. The topological polar surface area (TPSA) is 0 Å². The van der Waals surface area contributed by atoms with Crippen molar-refractivity contribution in [3.05, 3.63) is 70.3 Å². The van der Waals surface area contributed by atoms with Gasteiger partial charge in [-0.25, -0.2) is 0 Å². The Labute approximate surface area is 169 Å². The van der Waals surface area contributed by atoms with Crippen molar-refractivity contribution in [1.29, 1.82) is 0 Å². The van der Waals surface area contributed by atoms with Crippen LogP contribution < -0.4 is 21.2 Å². The van der Waals surface area contributed by atoms with Gasteiger partial charge in [0.25, 0.3) is 0 Å². The third-order valence-corrected chi connectivity index (χ3v) is 9.50. The number of alkyl halides is 1. The minimum absolute atomic E-state index is 0.144. The molecule has 0 spiro atoms. The maximum atomic E-state index is 2.40. The number of hydrogen-bond donors (Lipinski definition) is 0. The van der Waals surface area contributed by atoms with Crippen LogP contribution in [-0.2, 0) is 0 Å². The summed E-state index contributed by atoms with van der Waals surface area (Å²) in [4.78, 5) is 2.33. The predicted octanol–water partition coefficient (Wildman–Crippen LogP) is 4.46. The molecular formula is C23H14IS2-. The number of thiophene rings is 2. The van der Waals surface area contributed by atoms with Crippen LogP contribution >= 0.6 is 22.7 Å². The monoisotopic (exact) mass is 481 g/mol. The van der Waals surface area contributed by atoms with Gasteiger partial charge >= 0.3 is 164 Å². The van der Waals surface area contributed by atoms with Gasteiger partial charge < -0.3 is 0 Å².